The number of hydrogen-bond donors (Lipinski definition) is 2. The molecule has 152 valence electrons. The van der Waals surface area contributed by atoms with Crippen LogP contribution in [0.2, 0.25) is 0 Å². The molecule has 2 N–H and O–H groups in total. The Morgan fingerprint density at radius 1 is 0.897 bits per heavy atom. The Bertz CT molecular complexity index is 881. The Labute approximate surface area is 166 Å². The predicted octanol–water partition coefficient (Wildman–Crippen LogP) is 1.20. The lowest BCUT2D eigenvalue weighted by atomic mass is 10.1. The van der Waals surface area contributed by atoms with Gasteiger partial charge in [0.25, 0.3) is 11.8 Å². The molecule has 0 unspecified atom stereocenters. The number of esters is 2. The van der Waals surface area contributed by atoms with Gasteiger partial charge in [-0.3, -0.25) is 14.4 Å². The molecule has 0 aliphatic rings. The number of methoxy groups -OCH3 is 1. The molecular weight excluding hydrogens is 383 g/mol. The van der Waals surface area contributed by atoms with Crippen LogP contribution < -0.4 is 10.6 Å². The summed E-state index contributed by atoms with van der Waals surface area (Å²) in [6.07, 6.45) is 0. The average Bonchev–Trinajstić information content (AvgIpc) is 2.74. The van der Waals surface area contributed by atoms with E-state index < -0.39 is 42.7 Å². The molecule has 8 nitrogen and oxygen atoms in total. The molecule has 0 heterocycles. The summed E-state index contributed by atoms with van der Waals surface area (Å²) in [5.74, 6) is -2.83. The van der Waals surface area contributed by atoms with E-state index in [0.717, 1.165) is 17.7 Å². The second-order valence-electron chi connectivity index (χ2n) is 5.82. The zero-order valence-corrected chi connectivity index (χ0v) is 15.6. The monoisotopic (exact) mass is 402 g/mol. The normalized spacial score (nSPS) is 10.0. The van der Waals surface area contributed by atoms with E-state index in [2.05, 4.69) is 15.4 Å². The van der Waals surface area contributed by atoms with Gasteiger partial charge in [-0.05, 0) is 42.0 Å². The third-order valence-electron chi connectivity index (χ3n) is 3.73. The van der Waals surface area contributed by atoms with E-state index in [1.165, 1.54) is 19.2 Å². The Balaban J connectivity index is 1.67. The first-order valence-electron chi connectivity index (χ1n) is 8.52. The van der Waals surface area contributed by atoms with Gasteiger partial charge in [-0.1, -0.05) is 12.1 Å². The highest BCUT2D eigenvalue weighted by molar-refractivity contribution is 5.96. The number of rotatable bonds is 8. The molecule has 0 saturated carbocycles. The number of nitrogens with one attached hydrogen (secondary N) is 2. The maximum Gasteiger partial charge on any atom is 0.337 e. The van der Waals surface area contributed by atoms with Crippen LogP contribution in [-0.4, -0.2) is 44.0 Å². The van der Waals surface area contributed by atoms with Crippen LogP contribution in [0.1, 0.15) is 26.3 Å². The molecule has 0 aliphatic heterocycles. The second-order valence-corrected chi connectivity index (χ2v) is 5.82. The van der Waals surface area contributed by atoms with Crippen molar-refractivity contribution in [1.29, 1.82) is 0 Å². The van der Waals surface area contributed by atoms with Crippen molar-refractivity contribution in [3.8, 4) is 0 Å². The van der Waals surface area contributed by atoms with E-state index in [1.807, 2.05) is 0 Å². The molecule has 0 fully saturated rings. The van der Waals surface area contributed by atoms with Gasteiger partial charge in [0.05, 0.1) is 12.7 Å². The Morgan fingerprint density at radius 2 is 1.52 bits per heavy atom. The van der Waals surface area contributed by atoms with Crippen molar-refractivity contribution >= 4 is 23.8 Å². The summed E-state index contributed by atoms with van der Waals surface area (Å²) in [5.41, 5.74) is 1.32. The van der Waals surface area contributed by atoms with E-state index >= 15 is 0 Å². The molecule has 0 aromatic heterocycles. The quantitative estimate of drug-likeness (QED) is 0.642. The summed E-state index contributed by atoms with van der Waals surface area (Å²) in [4.78, 5) is 46.5. The molecule has 2 amide bonds. The van der Waals surface area contributed by atoms with Crippen molar-refractivity contribution in [2.75, 3.05) is 20.3 Å². The third-order valence-corrected chi connectivity index (χ3v) is 3.73. The predicted molar refractivity (Wildman–Crippen MR) is 99.3 cm³/mol. The molecule has 29 heavy (non-hydrogen) atoms. The zero-order valence-electron chi connectivity index (χ0n) is 15.6. The van der Waals surface area contributed by atoms with Gasteiger partial charge >= 0.3 is 11.9 Å². The van der Waals surface area contributed by atoms with Gasteiger partial charge in [0.1, 0.15) is 12.4 Å². The van der Waals surface area contributed by atoms with Crippen LogP contribution in [0.3, 0.4) is 0 Å². The van der Waals surface area contributed by atoms with Crippen LogP contribution in [-0.2, 0) is 25.6 Å². The first kappa shape index (κ1) is 21.5. The van der Waals surface area contributed by atoms with Gasteiger partial charge in [-0.25, -0.2) is 9.18 Å². The lowest BCUT2D eigenvalue weighted by molar-refractivity contribution is -0.147. The van der Waals surface area contributed by atoms with E-state index in [0.29, 0.717) is 5.56 Å². The van der Waals surface area contributed by atoms with E-state index in [9.17, 15) is 23.6 Å². The van der Waals surface area contributed by atoms with E-state index in [1.54, 1.807) is 24.3 Å². The highest BCUT2D eigenvalue weighted by Gasteiger charge is 2.11. The van der Waals surface area contributed by atoms with Crippen LogP contribution in [0, 0.1) is 5.82 Å². The summed E-state index contributed by atoms with van der Waals surface area (Å²) < 4.78 is 22.2. The number of carbonyl (C=O) groups excluding carboxylic acids is 4. The second kappa shape index (κ2) is 10.5. The fraction of sp³-hybridized carbons (Fsp3) is 0.200. The highest BCUT2D eigenvalue weighted by Crippen LogP contribution is 2.05. The van der Waals surface area contributed by atoms with Crippen LogP contribution in [0.4, 0.5) is 4.39 Å². The average molecular weight is 402 g/mol. The molecule has 0 bridgehead atoms. The van der Waals surface area contributed by atoms with E-state index in [4.69, 9.17) is 4.74 Å². The molecule has 2 aromatic rings. The Kier molecular flexibility index (Phi) is 7.84. The SMILES string of the molecule is COC(=O)c1ccc(CNC(=O)COC(=O)CNC(=O)c2ccc(F)cc2)cc1. The number of carbonyl (C=O) groups is 4. The largest absolute Gasteiger partial charge is 0.465 e. The van der Waals surface area contributed by atoms with Gasteiger partial charge in [0.15, 0.2) is 6.61 Å². The minimum absolute atomic E-state index is 0.180. The fourth-order valence-electron chi connectivity index (χ4n) is 2.18. The molecule has 2 rings (SSSR count). The minimum atomic E-state index is -0.793. The third kappa shape index (κ3) is 7.06. The fourth-order valence-corrected chi connectivity index (χ4v) is 2.18. The molecule has 2 aromatic carbocycles. The first-order chi connectivity index (χ1) is 13.9. The molecule has 0 atom stereocenters. The lowest BCUT2D eigenvalue weighted by Gasteiger charge is -2.08. The highest BCUT2D eigenvalue weighted by atomic mass is 19.1. The number of ether oxygens (including phenoxy) is 2. The van der Waals surface area contributed by atoms with Gasteiger partial charge in [0.2, 0.25) is 0 Å². The summed E-state index contributed by atoms with van der Waals surface area (Å²) in [6, 6.07) is 11.3. The molecule has 9 heteroatoms. The maximum absolute atomic E-state index is 12.8. The molecule has 0 spiro atoms. The van der Waals surface area contributed by atoms with Crippen LogP contribution >= 0.6 is 0 Å². The van der Waals surface area contributed by atoms with Crippen LogP contribution in [0.25, 0.3) is 0 Å². The van der Waals surface area contributed by atoms with E-state index in [-0.39, 0.29) is 12.1 Å². The van der Waals surface area contributed by atoms with Crippen molar-refractivity contribution in [3.05, 3.63) is 71.0 Å². The molecule has 0 aliphatic carbocycles. The van der Waals surface area contributed by atoms with Crippen LogP contribution in [0.15, 0.2) is 48.5 Å². The molecule has 0 saturated heterocycles. The number of hydrogen-bond acceptors (Lipinski definition) is 6. The standard InChI is InChI=1S/C20H19FN2O6/c1-28-20(27)15-4-2-13(3-5-15)10-22-17(24)12-29-18(25)11-23-19(26)14-6-8-16(21)9-7-14/h2-9H,10-12H2,1H3,(H,22,24)(H,23,26). The maximum atomic E-state index is 12.8. The topological polar surface area (TPSA) is 111 Å². The van der Waals surface area contributed by atoms with Crippen molar-refractivity contribution in [2.24, 2.45) is 0 Å². The van der Waals surface area contributed by atoms with Crippen molar-refractivity contribution in [1.82, 2.24) is 10.6 Å². The smallest absolute Gasteiger partial charge is 0.337 e. The summed E-state index contributed by atoms with van der Waals surface area (Å²) in [7, 11) is 1.28. The Morgan fingerprint density at radius 3 is 2.14 bits per heavy atom. The number of amides is 2. The molecule has 0 radical (unpaired) electrons. The first-order valence-corrected chi connectivity index (χ1v) is 8.52. The Hall–Kier alpha value is -3.75. The van der Waals surface area contributed by atoms with Crippen molar-refractivity contribution < 1.29 is 33.0 Å². The zero-order chi connectivity index (χ0) is 21.2. The van der Waals surface area contributed by atoms with Crippen LogP contribution in [0.5, 0.6) is 0 Å². The van der Waals surface area contributed by atoms with Crippen molar-refractivity contribution in [3.63, 3.8) is 0 Å². The summed E-state index contributed by atoms with van der Waals surface area (Å²) in [6.45, 7) is -0.761. The number of benzene rings is 2. The lowest BCUT2D eigenvalue weighted by Crippen LogP contribution is -2.33. The summed E-state index contributed by atoms with van der Waals surface area (Å²) in [5, 5.41) is 4.87. The molecular formula is C20H19FN2O6. The van der Waals surface area contributed by atoms with Gasteiger partial charge < -0.3 is 20.1 Å². The summed E-state index contributed by atoms with van der Waals surface area (Å²) >= 11 is 0. The number of halogens is 1. The minimum Gasteiger partial charge on any atom is -0.465 e. The van der Waals surface area contributed by atoms with Gasteiger partial charge in [0, 0.05) is 12.1 Å². The van der Waals surface area contributed by atoms with Crippen molar-refractivity contribution in [2.45, 2.75) is 6.54 Å². The van der Waals surface area contributed by atoms with Gasteiger partial charge in [-0.15, -0.1) is 0 Å². The van der Waals surface area contributed by atoms with Gasteiger partial charge in [-0.2, -0.15) is 0 Å².